The number of hydrogen-bond acceptors (Lipinski definition) is 5. The summed E-state index contributed by atoms with van der Waals surface area (Å²) in [7, 11) is 1.82. The van der Waals surface area contributed by atoms with Gasteiger partial charge >= 0.3 is 0 Å². The highest BCUT2D eigenvalue weighted by Crippen LogP contribution is 2.22. The summed E-state index contributed by atoms with van der Waals surface area (Å²) >= 11 is 1.35. The maximum absolute atomic E-state index is 12.5. The lowest BCUT2D eigenvalue weighted by atomic mass is 10.1. The van der Waals surface area contributed by atoms with E-state index in [0.717, 1.165) is 16.8 Å². The average Bonchev–Trinajstić information content (AvgIpc) is 3.09. The molecule has 0 aliphatic carbocycles. The first-order chi connectivity index (χ1) is 13.0. The van der Waals surface area contributed by atoms with E-state index in [9.17, 15) is 4.79 Å². The summed E-state index contributed by atoms with van der Waals surface area (Å²) in [5.74, 6) is 0.326. The van der Waals surface area contributed by atoms with Gasteiger partial charge in [0.25, 0.3) is 0 Å². The van der Waals surface area contributed by atoms with Crippen LogP contribution in [0.5, 0.6) is 0 Å². The van der Waals surface area contributed by atoms with Crippen molar-refractivity contribution >= 4 is 17.7 Å². The molecule has 0 atom stereocenters. The van der Waals surface area contributed by atoms with Gasteiger partial charge in [-0.25, -0.2) is 0 Å². The second kappa shape index (κ2) is 8.35. The van der Waals surface area contributed by atoms with Crippen LogP contribution in [0.4, 0.5) is 0 Å². The first-order valence-electron chi connectivity index (χ1n) is 8.73. The van der Waals surface area contributed by atoms with Crippen molar-refractivity contribution in [3.8, 4) is 5.69 Å². The van der Waals surface area contributed by atoms with E-state index in [1.54, 1.807) is 9.58 Å². The molecule has 0 fully saturated rings. The van der Waals surface area contributed by atoms with Crippen molar-refractivity contribution in [2.24, 2.45) is 0 Å². The number of carbonyl (C=O) groups is 1. The Kier molecular flexibility index (Phi) is 5.91. The van der Waals surface area contributed by atoms with Crippen molar-refractivity contribution in [1.82, 2.24) is 25.1 Å². The summed E-state index contributed by atoms with van der Waals surface area (Å²) in [6.45, 7) is 6.73. The van der Waals surface area contributed by atoms with Crippen LogP contribution in [0.25, 0.3) is 5.69 Å². The third-order valence-electron chi connectivity index (χ3n) is 4.44. The first-order valence-corrected chi connectivity index (χ1v) is 9.71. The highest BCUT2D eigenvalue weighted by Gasteiger charge is 2.16. The largest absolute Gasteiger partial charge is 0.341 e. The summed E-state index contributed by atoms with van der Waals surface area (Å²) < 4.78 is 1.69. The lowest BCUT2D eigenvalue weighted by Gasteiger charge is -2.18. The molecule has 3 aromatic rings. The predicted octanol–water partition coefficient (Wildman–Crippen LogP) is 3.34. The van der Waals surface area contributed by atoms with Crippen LogP contribution in [0.15, 0.2) is 47.6 Å². The van der Waals surface area contributed by atoms with Crippen LogP contribution in [0.1, 0.15) is 22.3 Å². The topological polar surface area (TPSA) is 63.9 Å². The van der Waals surface area contributed by atoms with E-state index in [1.807, 2.05) is 44.3 Å². The Labute approximate surface area is 163 Å². The molecule has 0 unspecified atom stereocenters. The molecule has 0 radical (unpaired) electrons. The van der Waals surface area contributed by atoms with E-state index in [0.29, 0.717) is 11.7 Å². The number of amides is 1. The third kappa shape index (κ3) is 4.54. The van der Waals surface area contributed by atoms with E-state index in [4.69, 9.17) is 0 Å². The minimum Gasteiger partial charge on any atom is -0.341 e. The molecule has 0 saturated heterocycles. The zero-order valence-electron chi connectivity index (χ0n) is 16.0. The number of nitrogens with zero attached hydrogens (tertiary/aromatic N) is 5. The fraction of sp³-hybridized carbons (Fsp3) is 0.300. The van der Waals surface area contributed by atoms with E-state index in [-0.39, 0.29) is 11.7 Å². The molecule has 7 heteroatoms. The molecule has 0 N–H and O–H groups in total. The molecule has 0 aliphatic rings. The minimum absolute atomic E-state index is 0.0402. The Bertz CT molecular complexity index is 953. The molecule has 140 valence electrons. The van der Waals surface area contributed by atoms with Crippen LogP contribution in [0, 0.1) is 20.8 Å². The van der Waals surface area contributed by atoms with Gasteiger partial charge in [0.05, 0.1) is 11.4 Å². The van der Waals surface area contributed by atoms with E-state index in [1.165, 1.54) is 22.9 Å². The van der Waals surface area contributed by atoms with E-state index < -0.39 is 0 Å². The molecular formula is C20H23N5OS. The summed E-state index contributed by atoms with van der Waals surface area (Å²) in [4.78, 5) is 14.3. The average molecular weight is 382 g/mol. The van der Waals surface area contributed by atoms with Gasteiger partial charge in [-0.1, -0.05) is 53.7 Å². The van der Waals surface area contributed by atoms with Crippen LogP contribution in [0.2, 0.25) is 0 Å². The molecule has 1 aromatic heterocycles. The van der Waals surface area contributed by atoms with Crippen molar-refractivity contribution in [3.05, 3.63) is 64.7 Å². The van der Waals surface area contributed by atoms with Gasteiger partial charge in [-0.3, -0.25) is 4.79 Å². The van der Waals surface area contributed by atoms with Crippen LogP contribution >= 0.6 is 11.8 Å². The van der Waals surface area contributed by atoms with Gasteiger partial charge in [-0.05, 0) is 54.0 Å². The second-order valence-electron chi connectivity index (χ2n) is 6.63. The van der Waals surface area contributed by atoms with Crippen LogP contribution < -0.4 is 0 Å². The standard InChI is InChI=1S/C20H23N5OS/c1-14-9-10-18(16(3)11-14)25-20(21-22-23-25)27-13-19(26)24(4)12-17-8-6-5-7-15(17)2/h5-11H,12-13H2,1-4H3. The zero-order valence-corrected chi connectivity index (χ0v) is 16.8. The van der Waals surface area contributed by atoms with Crippen LogP contribution in [-0.4, -0.2) is 43.8 Å². The van der Waals surface area contributed by atoms with Gasteiger partial charge in [0, 0.05) is 13.6 Å². The molecule has 2 aromatic carbocycles. The van der Waals surface area contributed by atoms with Crippen molar-refractivity contribution < 1.29 is 4.79 Å². The number of aryl methyl sites for hydroxylation is 3. The molecular weight excluding hydrogens is 358 g/mol. The van der Waals surface area contributed by atoms with Gasteiger partial charge in [0.1, 0.15) is 0 Å². The van der Waals surface area contributed by atoms with Gasteiger partial charge in [0.15, 0.2) is 0 Å². The molecule has 1 amide bonds. The third-order valence-corrected chi connectivity index (χ3v) is 5.34. The number of carbonyl (C=O) groups excluding carboxylic acids is 1. The lowest BCUT2D eigenvalue weighted by molar-refractivity contribution is -0.127. The molecule has 0 aliphatic heterocycles. The molecule has 27 heavy (non-hydrogen) atoms. The van der Waals surface area contributed by atoms with Gasteiger partial charge < -0.3 is 4.90 Å². The molecule has 6 nitrogen and oxygen atoms in total. The number of aromatic nitrogens is 4. The number of rotatable bonds is 6. The van der Waals surface area contributed by atoms with E-state index in [2.05, 4.69) is 41.5 Å². The Balaban J connectivity index is 1.66. The fourth-order valence-corrected chi connectivity index (χ4v) is 3.66. The Morgan fingerprint density at radius 2 is 1.89 bits per heavy atom. The summed E-state index contributed by atoms with van der Waals surface area (Å²) in [6.07, 6.45) is 0. The normalized spacial score (nSPS) is 10.8. The minimum atomic E-state index is 0.0402. The molecule has 0 saturated carbocycles. The highest BCUT2D eigenvalue weighted by molar-refractivity contribution is 7.99. The van der Waals surface area contributed by atoms with Gasteiger partial charge in [-0.2, -0.15) is 4.68 Å². The molecule has 3 rings (SSSR count). The number of thioether (sulfide) groups is 1. The molecule has 0 bridgehead atoms. The van der Waals surface area contributed by atoms with Crippen LogP contribution in [-0.2, 0) is 11.3 Å². The predicted molar refractivity (Wildman–Crippen MR) is 107 cm³/mol. The smallest absolute Gasteiger partial charge is 0.233 e. The zero-order chi connectivity index (χ0) is 19.4. The van der Waals surface area contributed by atoms with Gasteiger partial charge in [-0.15, -0.1) is 5.10 Å². The maximum Gasteiger partial charge on any atom is 0.233 e. The first kappa shape index (κ1) is 19.1. The van der Waals surface area contributed by atoms with Gasteiger partial charge in [0.2, 0.25) is 11.1 Å². The van der Waals surface area contributed by atoms with Crippen molar-refractivity contribution in [1.29, 1.82) is 0 Å². The Morgan fingerprint density at radius 1 is 1.11 bits per heavy atom. The molecule has 1 heterocycles. The Morgan fingerprint density at radius 3 is 2.63 bits per heavy atom. The Hall–Kier alpha value is -2.67. The summed E-state index contributed by atoms with van der Waals surface area (Å²) in [6, 6.07) is 14.2. The van der Waals surface area contributed by atoms with Crippen LogP contribution in [0.3, 0.4) is 0 Å². The summed E-state index contributed by atoms with van der Waals surface area (Å²) in [5, 5.41) is 12.6. The lowest BCUT2D eigenvalue weighted by Crippen LogP contribution is -2.28. The monoisotopic (exact) mass is 381 g/mol. The second-order valence-corrected chi connectivity index (χ2v) is 7.57. The maximum atomic E-state index is 12.5. The SMILES string of the molecule is Cc1ccc(-n2nnnc2SCC(=O)N(C)Cc2ccccc2C)c(C)c1. The quantitative estimate of drug-likeness (QED) is 0.613. The fourth-order valence-electron chi connectivity index (χ4n) is 2.83. The van der Waals surface area contributed by atoms with E-state index >= 15 is 0 Å². The highest BCUT2D eigenvalue weighted by atomic mass is 32.2. The number of tetrazole rings is 1. The summed E-state index contributed by atoms with van der Waals surface area (Å²) in [5.41, 5.74) is 5.54. The number of benzene rings is 2. The molecule has 0 spiro atoms. The number of hydrogen-bond donors (Lipinski definition) is 0. The van der Waals surface area contributed by atoms with Crippen molar-refractivity contribution in [2.75, 3.05) is 12.8 Å². The van der Waals surface area contributed by atoms with Crippen molar-refractivity contribution in [3.63, 3.8) is 0 Å². The van der Waals surface area contributed by atoms with Crippen molar-refractivity contribution in [2.45, 2.75) is 32.5 Å².